The normalized spacial score (nSPS) is 8.80. The van der Waals surface area contributed by atoms with Crippen LogP contribution in [0, 0.1) is 0 Å². The third-order valence-corrected chi connectivity index (χ3v) is 1.78. The predicted octanol–water partition coefficient (Wildman–Crippen LogP) is 4.93. The van der Waals surface area contributed by atoms with Crippen LogP contribution in [-0.2, 0) is 4.79 Å². The highest BCUT2D eigenvalue weighted by atomic mass is 16.1. The zero-order valence-electron chi connectivity index (χ0n) is 10.1. The fourth-order valence-electron chi connectivity index (χ4n) is 0.809. The number of carbonyl (C=O) groups is 1. The van der Waals surface area contributed by atoms with Crippen LogP contribution in [0.4, 0.5) is 0 Å². The van der Waals surface area contributed by atoms with E-state index in [1.54, 1.807) is 0 Å². The average molecular weight is 212 g/mol. The molecule has 0 rings (SSSR count). The standard InChI is InChI=1S/C7H12.C6H12O.CH4/c1-4-6-7(3)5-2;1-3-5-6(7)4-2;/h4,6H,3,5H2,1-2H3;3-5H2,1-2H3;1H4/b6-4-;;. The third-order valence-electron chi connectivity index (χ3n) is 1.78. The summed E-state index contributed by atoms with van der Waals surface area (Å²) in [6.07, 6.45) is 7.55. The van der Waals surface area contributed by atoms with Crippen molar-refractivity contribution in [3.8, 4) is 0 Å². The van der Waals surface area contributed by atoms with Crippen LogP contribution in [0.5, 0.6) is 0 Å². The van der Waals surface area contributed by atoms with Gasteiger partial charge in [0.15, 0.2) is 0 Å². The van der Waals surface area contributed by atoms with Crippen LogP contribution in [0.1, 0.15) is 60.8 Å². The molecule has 0 saturated heterocycles. The van der Waals surface area contributed by atoms with Crippen molar-refractivity contribution >= 4 is 5.78 Å². The van der Waals surface area contributed by atoms with E-state index in [0.29, 0.717) is 12.2 Å². The molecule has 0 aromatic rings. The first-order valence-corrected chi connectivity index (χ1v) is 5.44. The molecule has 0 radical (unpaired) electrons. The second-order valence-electron chi connectivity index (χ2n) is 3.15. The monoisotopic (exact) mass is 212 g/mol. The minimum absolute atomic E-state index is 0. The maximum atomic E-state index is 10.4. The van der Waals surface area contributed by atoms with Crippen LogP contribution in [0.2, 0.25) is 0 Å². The second-order valence-corrected chi connectivity index (χ2v) is 3.15. The molecule has 0 bridgehead atoms. The number of allylic oxidation sites excluding steroid dienone is 3. The van der Waals surface area contributed by atoms with Crippen molar-refractivity contribution < 1.29 is 4.79 Å². The SMILES string of the molecule is C.C=C(/C=C\C)CC.CCCC(=O)CC. The molecule has 90 valence electrons. The molecular weight excluding hydrogens is 184 g/mol. The Morgan fingerprint density at radius 3 is 1.87 bits per heavy atom. The Kier molecular flexibility index (Phi) is 20.5. The van der Waals surface area contributed by atoms with Crippen molar-refractivity contribution in [3.05, 3.63) is 24.3 Å². The van der Waals surface area contributed by atoms with Gasteiger partial charge in [-0.15, -0.1) is 0 Å². The molecule has 1 nitrogen and oxygen atoms in total. The number of hydrogen-bond acceptors (Lipinski definition) is 1. The number of hydrogen-bond donors (Lipinski definition) is 0. The van der Waals surface area contributed by atoms with Crippen molar-refractivity contribution in [3.63, 3.8) is 0 Å². The minimum atomic E-state index is 0. The van der Waals surface area contributed by atoms with Crippen molar-refractivity contribution in [2.24, 2.45) is 0 Å². The number of ketones is 1. The highest BCUT2D eigenvalue weighted by Crippen LogP contribution is 1.95. The summed E-state index contributed by atoms with van der Waals surface area (Å²) in [5.74, 6) is 0.377. The summed E-state index contributed by atoms with van der Waals surface area (Å²) < 4.78 is 0. The van der Waals surface area contributed by atoms with E-state index in [-0.39, 0.29) is 7.43 Å². The van der Waals surface area contributed by atoms with Gasteiger partial charge in [-0.3, -0.25) is 4.79 Å². The van der Waals surface area contributed by atoms with E-state index in [9.17, 15) is 4.79 Å². The lowest BCUT2D eigenvalue weighted by atomic mass is 10.2. The van der Waals surface area contributed by atoms with Gasteiger partial charge >= 0.3 is 0 Å². The van der Waals surface area contributed by atoms with Crippen molar-refractivity contribution in [2.45, 2.75) is 60.8 Å². The van der Waals surface area contributed by atoms with Crippen LogP contribution in [0.3, 0.4) is 0 Å². The van der Waals surface area contributed by atoms with Gasteiger partial charge in [0.25, 0.3) is 0 Å². The van der Waals surface area contributed by atoms with Gasteiger partial charge in [-0.05, 0) is 19.8 Å². The van der Waals surface area contributed by atoms with Gasteiger partial charge in [-0.2, -0.15) is 0 Å². The highest BCUT2D eigenvalue weighted by molar-refractivity contribution is 5.77. The summed E-state index contributed by atoms with van der Waals surface area (Å²) in [7, 11) is 0. The molecule has 0 aliphatic rings. The van der Waals surface area contributed by atoms with Gasteiger partial charge in [0, 0.05) is 12.8 Å². The molecule has 0 N–H and O–H groups in total. The smallest absolute Gasteiger partial charge is 0.132 e. The molecule has 0 aromatic heterocycles. The minimum Gasteiger partial charge on any atom is -0.300 e. The van der Waals surface area contributed by atoms with Crippen LogP contribution in [0.25, 0.3) is 0 Å². The number of Topliss-reactive ketones (excluding diaryl/α,β-unsaturated/α-hetero) is 1. The Balaban J connectivity index is -0.000000180. The molecule has 0 aliphatic carbocycles. The van der Waals surface area contributed by atoms with Gasteiger partial charge in [-0.1, -0.05) is 52.5 Å². The Morgan fingerprint density at radius 2 is 1.73 bits per heavy atom. The van der Waals surface area contributed by atoms with E-state index in [0.717, 1.165) is 19.3 Å². The Morgan fingerprint density at radius 1 is 1.20 bits per heavy atom. The maximum absolute atomic E-state index is 10.4. The topological polar surface area (TPSA) is 17.1 Å². The predicted molar refractivity (Wildman–Crippen MR) is 71.2 cm³/mol. The van der Waals surface area contributed by atoms with Gasteiger partial charge < -0.3 is 0 Å². The molecule has 0 unspecified atom stereocenters. The van der Waals surface area contributed by atoms with E-state index in [4.69, 9.17) is 0 Å². The fraction of sp³-hybridized carbons (Fsp3) is 0.643. The van der Waals surface area contributed by atoms with Gasteiger partial charge in [0.2, 0.25) is 0 Å². The molecule has 1 heteroatoms. The molecule has 0 aliphatic heterocycles. The molecular formula is C14H28O. The summed E-state index contributed by atoms with van der Waals surface area (Å²) in [6.45, 7) is 11.8. The van der Waals surface area contributed by atoms with E-state index >= 15 is 0 Å². The molecule has 0 aromatic carbocycles. The first kappa shape index (κ1) is 19.7. The first-order chi connectivity index (χ1) is 6.62. The summed E-state index contributed by atoms with van der Waals surface area (Å²) in [4.78, 5) is 10.4. The largest absolute Gasteiger partial charge is 0.300 e. The zero-order valence-corrected chi connectivity index (χ0v) is 10.1. The average Bonchev–Trinajstić information content (AvgIpc) is 2.19. The lowest BCUT2D eigenvalue weighted by Crippen LogP contribution is -1.91. The molecule has 0 heterocycles. The Labute approximate surface area is 96.3 Å². The van der Waals surface area contributed by atoms with Crippen LogP contribution >= 0.6 is 0 Å². The quantitative estimate of drug-likeness (QED) is 0.590. The number of carbonyl (C=O) groups excluding carboxylic acids is 1. The highest BCUT2D eigenvalue weighted by Gasteiger charge is 1.91. The fourth-order valence-corrected chi connectivity index (χ4v) is 0.809. The molecule has 15 heavy (non-hydrogen) atoms. The van der Waals surface area contributed by atoms with Crippen LogP contribution < -0.4 is 0 Å². The zero-order chi connectivity index (χ0) is 11.4. The summed E-state index contributed by atoms with van der Waals surface area (Å²) >= 11 is 0. The van der Waals surface area contributed by atoms with Crippen LogP contribution in [0.15, 0.2) is 24.3 Å². The number of rotatable bonds is 5. The summed E-state index contributed by atoms with van der Waals surface area (Å²) in [6, 6.07) is 0. The van der Waals surface area contributed by atoms with E-state index in [1.807, 2.05) is 32.9 Å². The van der Waals surface area contributed by atoms with E-state index in [1.165, 1.54) is 5.57 Å². The lowest BCUT2D eigenvalue weighted by molar-refractivity contribution is -0.118. The first-order valence-electron chi connectivity index (χ1n) is 5.44. The van der Waals surface area contributed by atoms with Gasteiger partial charge in [0.05, 0.1) is 0 Å². The summed E-state index contributed by atoms with van der Waals surface area (Å²) in [5.41, 5.74) is 1.20. The molecule has 0 amide bonds. The lowest BCUT2D eigenvalue weighted by Gasteiger charge is -1.87. The van der Waals surface area contributed by atoms with Gasteiger partial charge in [0.1, 0.15) is 5.78 Å². The van der Waals surface area contributed by atoms with E-state index in [2.05, 4.69) is 13.5 Å². The summed E-state index contributed by atoms with van der Waals surface area (Å²) in [5, 5.41) is 0. The van der Waals surface area contributed by atoms with Crippen LogP contribution in [-0.4, -0.2) is 5.78 Å². The maximum Gasteiger partial charge on any atom is 0.132 e. The Hall–Kier alpha value is -0.850. The third kappa shape index (κ3) is 19.5. The molecule has 0 spiro atoms. The Bertz CT molecular complexity index is 178. The van der Waals surface area contributed by atoms with Crippen molar-refractivity contribution in [2.75, 3.05) is 0 Å². The van der Waals surface area contributed by atoms with Gasteiger partial charge in [-0.25, -0.2) is 0 Å². The van der Waals surface area contributed by atoms with E-state index < -0.39 is 0 Å². The molecule has 0 fully saturated rings. The van der Waals surface area contributed by atoms with Crippen molar-refractivity contribution in [1.82, 2.24) is 0 Å². The van der Waals surface area contributed by atoms with Crippen molar-refractivity contribution in [1.29, 1.82) is 0 Å². The second kappa shape index (κ2) is 15.6. The molecule has 0 saturated carbocycles. The molecule has 0 atom stereocenters.